The van der Waals surface area contributed by atoms with Gasteiger partial charge in [-0.05, 0) is 47.0 Å². The average Bonchev–Trinajstić information content (AvgIpc) is 2.36. The van der Waals surface area contributed by atoms with Crippen LogP contribution in [0.25, 0.3) is 0 Å². The van der Waals surface area contributed by atoms with Crippen LogP contribution >= 0.6 is 0 Å². The van der Waals surface area contributed by atoms with Gasteiger partial charge in [0.2, 0.25) is 0 Å². The van der Waals surface area contributed by atoms with Crippen molar-refractivity contribution in [2.45, 2.75) is 58.6 Å². The van der Waals surface area contributed by atoms with Crippen molar-refractivity contribution in [1.29, 1.82) is 0 Å². The first-order valence-corrected chi connectivity index (χ1v) is 6.24. The van der Waals surface area contributed by atoms with Crippen LogP contribution in [-0.2, 0) is 9.53 Å². The Balaban J connectivity index is 2.71. The predicted octanol–water partition coefficient (Wildman–Crippen LogP) is 2.50. The number of amides is 1. The fourth-order valence-corrected chi connectivity index (χ4v) is 2.41. The lowest BCUT2D eigenvalue weighted by Crippen LogP contribution is -2.45. The molecule has 18 heavy (non-hydrogen) atoms. The number of carboxylic acids is 1. The molecule has 0 saturated carbocycles. The molecular formula is C13H23NO4. The number of carbonyl (C=O) groups is 2. The van der Waals surface area contributed by atoms with E-state index in [9.17, 15) is 9.59 Å². The highest BCUT2D eigenvalue weighted by Gasteiger charge is 2.43. The molecule has 0 spiro atoms. The van der Waals surface area contributed by atoms with E-state index in [1.54, 1.807) is 4.90 Å². The average molecular weight is 257 g/mol. The molecule has 1 saturated heterocycles. The Kier molecular flexibility index (Phi) is 3.93. The van der Waals surface area contributed by atoms with Crippen LogP contribution in [0.1, 0.15) is 47.5 Å². The third kappa shape index (κ3) is 3.89. The molecule has 1 atom stereocenters. The number of hydrogen-bond donors (Lipinski definition) is 1. The molecule has 0 aromatic carbocycles. The molecule has 0 aromatic rings. The molecule has 1 rings (SSSR count). The van der Waals surface area contributed by atoms with Crippen molar-refractivity contribution in [3.05, 3.63) is 0 Å². The fraction of sp³-hybridized carbons (Fsp3) is 0.846. The monoisotopic (exact) mass is 257 g/mol. The number of rotatable bonds is 2. The molecule has 1 heterocycles. The van der Waals surface area contributed by atoms with E-state index in [1.165, 1.54) is 0 Å². The molecule has 0 aliphatic carbocycles. The van der Waals surface area contributed by atoms with Gasteiger partial charge in [-0.2, -0.15) is 0 Å². The Hall–Kier alpha value is -1.26. The third-order valence-corrected chi connectivity index (χ3v) is 3.04. The summed E-state index contributed by atoms with van der Waals surface area (Å²) >= 11 is 0. The standard InChI is InChI=1S/C13H23NO4/c1-12(2,3)18-11(17)14-8-9(6-10(15)16)7-13(14,4)5/h9H,6-8H2,1-5H3,(H,15,16). The minimum atomic E-state index is -0.818. The molecule has 0 radical (unpaired) electrons. The second kappa shape index (κ2) is 4.78. The highest BCUT2D eigenvalue weighted by Crippen LogP contribution is 2.35. The van der Waals surface area contributed by atoms with Crippen molar-refractivity contribution in [3.8, 4) is 0 Å². The van der Waals surface area contributed by atoms with Gasteiger partial charge >= 0.3 is 12.1 Å². The maximum atomic E-state index is 12.1. The van der Waals surface area contributed by atoms with Crippen molar-refractivity contribution in [3.63, 3.8) is 0 Å². The molecule has 0 bridgehead atoms. The maximum Gasteiger partial charge on any atom is 0.410 e. The number of nitrogens with zero attached hydrogens (tertiary/aromatic N) is 1. The molecule has 5 nitrogen and oxygen atoms in total. The van der Waals surface area contributed by atoms with E-state index < -0.39 is 11.6 Å². The van der Waals surface area contributed by atoms with E-state index in [0.717, 1.165) is 0 Å². The summed E-state index contributed by atoms with van der Waals surface area (Å²) in [5, 5.41) is 8.82. The minimum Gasteiger partial charge on any atom is -0.481 e. The molecule has 1 unspecified atom stereocenters. The highest BCUT2D eigenvalue weighted by atomic mass is 16.6. The lowest BCUT2D eigenvalue weighted by molar-refractivity contribution is -0.138. The molecule has 1 N–H and O–H groups in total. The van der Waals surface area contributed by atoms with Gasteiger partial charge in [-0.15, -0.1) is 0 Å². The van der Waals surface area contributed by atoms with Crippen LogP contribution < -0.4 is 0 Å². The lowest BCUT2D eigenvalue weighted by Gasteiger charge is -2.33. The van der Waals surface area contributed by atoms with Gasteiger partial charge in [0, 0.05) is 18.5 Å². The summed E-state index contributed by atoms with van der Waals surface area (Å²) in [4.78, 5) is 24.4. The minimum absolute atomic E-state index is 0.00465. The van der Waals surface area contributed by atoms with Gasteiger partial charge in [0.05, 0.1) is 0 Å². The van der Waals surface area contributed by atoms with Crippen molar-refractivity contribution < 1.29 is 19.4 Å². The summed E-state index contributed by atoms with van der Waals surface area (Å²) in [6.45, 7) is 9.81. The van der Waals surface area contributed by atoms with Gasteiger partial charge < -0.3 is 14.7 Å². The summed E-state index contributed by atoms with van der Waals surface area (Å²) in [6.07, 6.45) is 0.432. The molecule has 1 amide bonds. The Morgan fingerprint density at radius 3 is 2.39 bits per heavy atom. The number of hydrogen-bond acceptors (Lipinski definition) is 3. The summed E-state index contributed by atoms with van der Waals surface area (Å²) < 4.78 is 5.35. The second-order valence-electron chi connectivity index (χ2n) is 6.57. The smallest absolute Gasteiger partial charge is 0.410 e. The van der Waals surface area contributed by atoms with E-state index in [0.29, 0.717) is 13.0 Å². The van der Waals surface area contributed by atoms with Crippen LogP contribution in [0.3, 0.4) is 0 Å². The number of carboxylic acid groups (broad SMARTS) is 1. The van der Waals surface area contributed by atoms with E-state index >= 15 is 0 Å². The molecule has 1 aliphatic rings. The summed E-state index contributed by atoms with van der Waals surface area (Å²) in [5.41, 5.74) is -0.875. The summed E-state index contributed by atoms with van der Waals surface area (Å²) in [6, 6.07) is 0. The van der Waals surface area contributed by atoms with Gasteiger partial charge in [0.15, 0.2) is 0 Å². The quantitative estimate of drug-likeness (QED) is 0.825. The number of carbonyl (C=O) groups excluding carboxylic acids is 1. The third-order valence-electron chi connectivity index (χ3n) is 3.04. The Morgan fingerprint density at radius 1 is 1.39 bits per heavy atom. The Bertz CT molecular complexity index is 343. The second-order valence-corrected chi connectivity index (χ2v) is 6.57. The van der Waals surface area contributed by atoms with Crippen LogP contribution in [0, 0.1) is 5.92 Å². The zero-order valence-electron chi connectivity index (χ0n) is 11.8. The molecule has 0 aromatic heterocycles. The fourth-order valence-electron chi connectivity index (χ4n) is 2.41. The number of aliphatic carboxylic acids is 1. The first kappa shape index (κ1) is 14.8. The molecule has 1 fully saturated rings. The van der Waals surface area contributed by atoms with E-state index in [-0.39, 0.29) is 24.0 Å². The van der Waals surface area contributed by atoms with Crippen LogP contribution in [0.2, 0.25) is 0 Å². The van der Waals surface area contributed by atoms with E-state index in [2.05, 4.69) is 0 Å². The van der Waals surface area contributed by atoms with Crippen LogP contribution in [0.15, 0.2) is 0 Å². The zero-order valence-corrected chi connectivity index (χ0v) is 11.8. The molecule has 5 heteroatoms. The number of ether oxygens (including phenoxy) is 1. The molecular weight excluding hydrogens is 234 g/mol. The predicted molar refractivity (Wildman–Crippen MR) is 67.4 cm³/mol. The largest absolute Gasteiger partial charge is 0.481 e. The SMILES string of the molecule is CC(C)(C)OC(=O)N1CC(CC(=O)O)CC1(C)C. The highest BCUT2D eigenvalue weighted by molar-refractivity contribution is 5.70. The van der Waals surface area contributed by atoms with E-state index in [4.69, 9.17) is 9.84 Å². The van der Waals surface area contributed by atoms with Gasteiger partial charge in [-0.1, -0.05) is 0 Å². The lowest BCUT2D eigenvalue weighted by atomic mass is 9.94. The normalized spacial score (nSPS) is 22.9. The van der Waals surface area contributed by atoms with Gasteiger partial charge in [-0.3, -0.25) is 4.79 Å². The summed E-state index contributed by atoms with van der Waals surface area (Å²) in [7, 11) is 0. The molecule has 1 aliphatic heterocycles. The molecule has 104 valence electrons. The van der Waals surface area contributed by atoms with Crippen molar-refractivity contribution in [2.24, 2.45) is 5.92 Å². The zero-order chi connectivity index (χ0) is 14.1. The van der Waals surface area contributed by atoms with Crippen LogP contribution in [-0.4, -0.2) is 39.8 Å². The van der Waals surface area contributed by atoms with Gasteiger partial charge in [-0.25, -0.2) is 4.79 Å². The Morgan fingerprint density at radius 2 is 1.94 bits per heavy atom. The maximum absolute atomic E-state index is 12.1. The van der Waals surface area contributed by atoms with Crippen LogP contribution in [0.5, 0.6) is 0 Å². The van der Waals surface area contributed by atoms with Crippen molar-refractivity contribution >= 4 is 12.1 Å². The van der Waals surface area contributed by atoms with Gasteiger partial charge in [0.1, 0.15) is 5.60 Å². The number of likely N-dealkylation sites (tertiary alicyclic amines) is 1. The van der Waals surface area contributed by atoms with Crippen molar-refractivity contribution in [1.82, 2.24) is 4.90 Å². The topological polar surface area (TPSA) is 66.8 Å². The van der Waals surface area contributed by atoms with Gasteiger partial charge in [0.25, 0.3) is 0 Å². The Labute approximate surface area is 108 Å². The van der Waals surface area contributed by atoms with Crippen LogP contribution in [0.4, 0.5) is 4.79 Å². The first-order valence-electron chi connectivity index (χ1n) is 6.24. The first-order chi connectivity index (χ1) is 8.01. The van der Waals surface area contributed by atoms with Crippen molar-refractivity contribution in [2.75, 3.05) is 6.54 Å². The van der Waals surface area contributed by atoms with E-state index in [1.807, 2.05) is 34.6 Å². The summed E-state index contributed by atoms with van der Waals surface area (Å²) in [5.74, 6) is -0.813.